The van der Waals surface area contributed by atoms with Crippen molar-refractivity contribution < 1.29 is 63.4 Å². The largest absolute Gasteiger partial charge is 4.00 e. The van der Waals surface area contributed by atoms with E-state index >= 15 is 0 Å². The molecule has 7 heteroatoms. The smallest absolute Gasteiger partial charge is 1.00 e. The fraction of sp³-hybridized carbons (Fsp3) is 0. The van der Waals surface area contributed by atoms with Gasteiger partial charge in [0.05, 0.1) is 0 Å². The maximum Gasteiger partial charge on any atom is 4.00 e. The van der Waals surface area contributed by atoms with Gasteiger partial charge in [-0.05, 0) is 4.34 Å². The van der Waals surface area contributed by atoms with Crippen molar-refractivity contribution in [3.63, 3.8) is 0 Å². The summed E-state index contributed by atoms with van der Waals surface area (Å²) in [5.41, 5.74) is 2.13. The summed E-state index contributed by atoms with van der Waals surface area (Å²) in [4.78, 5) is 0. The van der Waals surface area contributed by atoms with Gasteiger partial charge in [0.25, 0.3) is 0 Å². The molecule has 0 amide bonds. The van der Waals surface area contributed by atoms with Gasteiger partial charge >= 0.3 is 26.2 Å². The van der Waals surface area contributed by atoms with Crippen molar-refractivity contribution in [3.05, 3.63) is 26.9 Å². The third-order valence-corrected chi connectivity index (χ3v) is 3.09. The molecule has 0 unspecified atom stereocenters. The third kappa shape index (κ3) is 3.90. The Morgan fingerprint density at radius 1 is 1.14 bits per heavy atom. The van der Waals surface area contributed by atoms with E-state index in [0.29, 0.717) is 0 Å². The van der Waals surface area contributed by atoms with E-state index < -0.39 is 0 Å². The molecule has 2 aliphatic rings. The zero-order valence-electron chi connectivity index (χ0n) is 6.53. The third-order valence-electron chi connectivity index (χ3n) is 1.42. The van der Waals surface area contributed by atoms with Crippen molar-refractivity contribution >= 4 is 34.5 Å². The summed E-state index contributed by atoms with van der Waals surface area (Å²) in [5, 5.41) is 0. The van der Waals surface area contributed by atoms with Crippen molar-refractivity contribution in [2.45, 2.75) is 0 Å². The molecule has 2 rings (SSSR count). The molecule has 0 aromatic heterocycles. The predicted molar refractivity (Wildman–Crippen MR) is 46.6 cm³/mol. The van der Waals surface area contributed by atoms with Crippen LogP contribution in [-0.2, 0) is 26.2 Å². The van der Waals surface area contributed by atoms with E-state index in [4.69, 9.17) is 23.2 Å². The summed E-state index contributed by atoms with van der Waals surface area (Å²) in [7, 11) is 0. The predicted octanol–water partition coefficient (Wildman–Crippen LogP) is -5.11. The van der Waals surface area contributed by atoms with Crippen molar-refractivity contribution in [2.75, 3.05) is 0 Å². The van der Waals surface area contributed by atoms with Gasteiger partial charge in [0.15, 0.2) is 0 Å². The first kappa shape index (κ1) is 21.0. The van der Waals surface area contributed by atoms with E-state index in [1.54, 1.807) is 0 Å². The number of hydrogen-bond donors (Lipinski definition) is 0. The molecule has 1 heterocycles. The molecular weight excluding hydrogens is 385 g/mol. The number of halogens is 5. The van der Waals surface area contributed by atoms with Gasteiger partial charge in [-0.15, -0.1) is 52.5 Å². The fourth-order valence-corrected chi connectivity index (χ4v) is 2.60. The normalized spacial score (nSPS) is 7.86. The Labute approximate surface area is 134 Å². The van der Waals surface area contributed by atoms with Crippen LogP contribution < -0.4 is 37.2 Å². The average Bonchev–Trinajstić information content (AvgIpc) is 2.39. The zero-order valence-corrected chi connectivity index (χ0v) is 13.6. The Bertz CT molecular complexity index is 303. The maximum absolute atomic E-state index is 5.85. The van der Waals surface area contributed by atoms with Crippen LogP contribution in [0.4, 0.5) is 0 Å². The van der Waals surface area contributed by atoms with Gasteiger partial charge in [-0.3, -0.25) is 0 Å². The topological polar surface area (TPSA) is 0 Å². The average molecular weight is 388 g/mol. The molecule has 0 aromatic rings. The molecule has 0 aromatic carbocycles. The van der Waals surface area contributed by atoms with E-state index in [0.717, 1.165) is 19.8 Å². The van der Waals surface area contributed by atoms with Crippen LogP contribution in [0.15, 0.2) is 18.2 Å². The Kier molecular flexibility index (Phi) is 13.1. The molecule has 0 nitrogen and oxygen atoms in total. The monoisotopic (exact) mass is 384 g/mol. The summed E-state index contributed by atoms with van der Waals surface area (Å²) in [6, 6.07) is 5.90. The Morgan fingerprint density at radius 2 is 1.71 bits per heavy atom. The molecule has 0 fully saturated rings. The minimum absolute atomic E-state index is 0. The van der Waals surface area contributed by atoms with Crippen LogP contribution in [0, 0.1) is 0 Å². The van der Waals surface area contributed by atoms with Gasteiger partial charge in [0, 0.05) is 4.34 Å². The van der Waals surface area contributed by atoms with Gasteiger partial charge in [-0.2, -0.15) is 0 Å². The maximum atomic E-state index is 5.85. The van der Waals surface area contributed by atoms with Crippen LogP contribution in [0.2, 0.25) is 8.67 Å². The molecule has 14 heavy (non-hydrogen) atoms. The first-order valence-corrected chi connectivity index (χ1v) is 4.35. The molecule has 0 saturated carbocycles. The van der Waals surface area contributed by atoms with Gasteiger partial charge < -0.3 is 37.2 Å². The van der Waals surface area contributed by atoms with Crippen LogP contribution in [0.5, 0.6) is 0 Å². The van der Waals surface area contributed by atoms with Crippen molar-refractivity contribution in [2.24, 2.45) is 0 Å². The number of thiophene rings is 1. The standard InChI is InChI=1S/C7H3Cl2S.3ClH.Zr/c8-6-4-2-1-3-5(4)7(9)10-6;;;;/h1-3H;3*1H;/q-1;;;;+4/p-3. The number of hydrogen-bond acceptors (Lipinski definition) is 1. The molecule has 1 aliphatic heterocycles. The summed E-state index contributed by atoms with van der Waals surface area (Å²) >= 11 is 13.1. The molecule has 0 bridgehead atoms. The van der Waals surface area contributed by atoms with Crippen LogP contribution in [0.25, 0.3) is 11.1 Å². The van der Waals surface area contributed by atoms with Crippen molar-refractivity contribution in [1.29, 1.82) is 0 Å². The van der Waals surface area contributed by atoms with E-state index in [1.807, 2.05) is 18.2 Å². The molecule has 0 radical (unpaired) electrons. The van der Waals surface area contributed by atoms with Gasteiger partial charge in [-0.25, -0.2) is 11.3 Å². The second-order valence-electron chi connectivity index (χ2n) is 2.00. The summed E-state index contributed by atoms with van der Waals surface area (Å²) in [5.74, 6) is 0. The second kappa shape index (κ2) is 8.76. The van der Waals surface area contributed by atoms with Crippen LogP contribution >= 0.6 is 34.5 Å². The van der Waals surface area contributed by atoms with E-state index in [2.05, 4.69) is 0 Å². The number of fused-ring (bicyclic) bond motifs is 1. The molecular formula is C7H3Cl5SZr. The fourth-order valence-electron chi connectivity index (χ4n) is 0.952. The molecule has 0 spiro atoms. The van der Waals surface area contributed by atoms with Gasteiger partial charge in [-0.1, -0.05) is 0 Å². The van der Waals surface area contributed by atoms with Crippen LogP contribution in [0.3, 0.4) is 0 Å². The zero-order chi connectivity index (χ0) is 7.14. The quantitative estimate of drug-likeness (QED) is 0.397. The SMILES string of the molecule is Clc1s[c-](Cl)c2cccc1-2.[Cl-].[Cl-].[Cl-].[Zr+4]. The summed E-state index contributed by atoms with van der Waals surface area (Å²) < 4.78 is 1.56. The molecule has 1 aliphatic carbocycles. The Balaban J connectivity index is -0.000000302. The first-order chi connectivity index (χ1) is 4.79. The van der Waals surface area contributed by atoms with Gasteiger partial charge in [0.1, 0.15) is 0 Å². The van der Waals surface area contributed by atoms with Crippen molar-refractivity contribution in [1.82, 2.24) is 0 Å². The van der Waals surface area contributed by atoms with E-state index in [9.17, 15) is 0 Å². The summed E-state index contributed by atoms with van der Waals surface area (Å²) in [6.45, 7) is 0. The minimum Gasteiger partial charge on any atom is -1.00 e. The molecule has 76 valence electrons. The molecule has 0 saturated heterocycles. The van der Waals surface area contributed by atoms with Crippen molar-refractivity contribution in [3.8, 4) is 11.1 Å². The van der Waals surface area contributed by atoms with E-state index in [1.165, 1.54) is 11.3 Å². The second-order valence-corrected chi connectivity index (χ2v) is 4.23. The Morgan fingerprint density at radius 3 is 2.21 bits per heavy atom. The number of rotatable bonds is 0. The molecule has 0 atom stereocenters. The Hall–Kier alpha value is 1.64. The van der Waals surface area contributed by atoms with Crippen LogP contribution in [0.1, 0.15) is 0 Å². The molecule has 0 N–H and O–H groups in total. The minimum atomic E-state index is 0. The summed E-state index contributed by atoms with van der Waals surface area (Å²) in [6.07, 6.45) is 0. The first-order valence-electron chi connectivity index (χ1n) is 2.78. The van der Waals surface area contributed by atoms with E-state index in [-0.39, 0.29) is 63.4 Å². The van der Waals surface area contributed by atoms with Gasteiger partial charge in [0.2, 0.25) is 0 Å². The van der Waals surface area contributed by atoms with Crippen LogP contribution in [-0.4, -0.2) is 0 Å².